The molecule has 0 amide bonds. The summed E-state index contributed by atoms with van der Waals surface area (Å²) in [6.45, 7) is 6.25. The van der Waals surface area contributed by atoms with E-state index in [1.807, 2.05) is 12.1 Å². The highest BCUT2D eigenvalue weighted by molar-refractivity contribution is 7.14. The first-order valence-corrected chi connectivity index (χ1v) is 7.71. The van der Waals surface area contributed by atoms with Crippen LogP contribution >= 0.6 is 11.3 Å². The van der Waals surface area contributed by atoms with Gasteiger partial charge in [-0.3, -0.25) is 0 Å². The van der Waals surface area contributed by atoms with Gasteiger partial charge in [-0.15, -0.1) is 11.3 Å². The third-order valence-corrected chi connectivity index (χ3v) is 3.90. The van der Waals surface area contributed by atoms with Crippen molar-refractivity contribution in [2.75, 3.05) is 30.4 Å². The molecule has 0 atom stereocenters. The third kappa shape index (κ3) is 3.72. The number of carbonyl (C=O) groups is 1. The van der Waals surface area contributed by atoms with Gasteiger partial charge < -0.3 is 15.0 Å². The molecule has 0 unspecified atom stereocenters. The number of hydrogen-bond donors (Lipinski definition) is 1. The van der Waals surface area contributed by atoms with Gasteiger partial charge in [0.1, 0.15) is 0 Å². The van der Waals surface area contributed by atoms with Crippen LogP contribution in [0.4, 0.5) is 16.5 Å². The summed E-state index contributed by atoms with van der Waals surface area (Å²) >= 11 is 1.37. The molecule has 0 aliphatic rings. The zero-order chi connectivity index (χ0) is 15.2. The van der Waals surface area contributed by atoms with Crippen molar-refractivity contribution in [2.24, 2.45) is 0 Å². The van der Waals surface area contributed by atoms with Crippen LogP contribution in [0, 0.1) is 0 Å². The molecule has 21 heavy (non-hydrogen) atoms. The van der Waals surface area contributed by atoms with Crippen LogP contribution < -0.4 is 10.2 Å². The summed E-state index contributed by atoms with van der Waals surface area (Å²) in [5.41, 5.74) is 2.46. The molecular weight excluding hydrogens is 286 g/mol. The van der Waals surface area contributed by atoms with Crippen molar-refractivity contribution in [3.8, 4) is 0 Å². The van der Waals surface area contributed by atoms with Crippen LogP contribution in [0.2, 0.25) is 0 Å². The maximum atomic E-state index is 11.4. The number of ether oxygens (including phenoxy) is 1. The Labute approximate surface area is 128 Å². The van der Waals surface area contributed by atoms with E-state index in [0.717, 1.165) is 18.8 Å². The fourth-order valence-corrected chi connectivity index (χ4v) is 2.70. The van der Waals surface area contributed by atoms with E-state index in [1.165, 1.54) is 24.1 Å². The first-order valence-electron chi connectivity index (χ1n) is 6.83. The second-order valence-corrected chi connectivity index (χ2v) is 5.23. The Morgan fingerprint density at radius 3 is 2.52 bits per heavy atom. The summed E-state index contributed by atoms with van der Waals surface area (Å²) in [6.07, 6.45) is 0. The lowest BCUT2D eigenvalue weighted by atomic mass is 10.2. The summed E-state index contributed by atoms with van der Waals surface area (Å²) in [5.74, 6) is -0.420. The van der Waals surface area contributed by atoms with Gasteiger partial charge in [0.2, 0.25) is 0 Å². The molecule has 2 rings (SSSR count). The molecule has 112 valence electrons. The van der Waals surface area contributed by atoms with Gasteiger partial charge in [0.25, 0.3) is 0 Å². The topological polar surface area (TPSA) is 54.5 Å². The highest BCUT2D eigenvalue weighted by atomic mass is 32.1. The number of nitrogens with one attached hydrogen (secondary N) is 1. The average Bonchev–Trinajstić information content (AvgIpc) is 2.98. The molecule has 0 bridgehead atoms. The summed E-state index contributed by atoms with van der Waals surface area (Å²) in [6, 6.07) is 8.16. The molecule has 1 aromatic carbocycles. The number of nitrogens with zero attached hydrogens (tertiary/aromatic N) is 2. The number of hydrogen-bond acceptors (Lipinski definition) is 6. The summed E-state index contributed by atoms with van der Waals surface area (Å²) < 4.78 is 4.64. The van der Waals surface area contributed by atoms with E-state index < -0.39 is 5.97 Å². The summed E-state index contributed by atoms with van der Waals surface area (Å²) in [7, 11) is 1.35. The number of anilines is 3. The molecule has 0 radical (unpaired) electrons. The molecule has 5 nitrogen and oxygen atoms in total. The van der Waals surface area contributed by atoms with E-state index in [2.05, 4.69) is 45.9 Å². The third-order valence-electron chi connectivity index (χ3n) is 3.15. The Balaban J connectivity index is 2.06. The molecule has 0 spiro atoms. The maximum Gasteiger partial charge on any atom is 0.357 e. The van der Waals surface area contributed by atoms with E-state index in [1.54, 1.807) is 5.38 Å². The van der Waals surface area contributed by atoms with Gasteiger partial charge >= 0.3 is 5.97 Å². The van der Waals surface area contributed by atoms with Crippen molar-refractivity contribution in [3.63, 3.8) is 0 Å². The lowest BCUT2D eigenvalue weighted by molar-refractivity contribution is 0.0595. The fraction of sp³-hybridized carbons (Fsp3) is 0.333. The van der Waals surface area contributed by atoms with Gasteiger partial charge in [0.15, 0.2) is 10.8 Å². The average molecular weight is 305 g/mol. The molecule has 0 saturated carbocycles. The van der Waals surface area contributed by atoms with Gasteiger partial charge in [-0.2, -0.15) is 0 Å². The molecule has 0 fully saturated rings. The molecule has 0 aliphatic heterocycles. The summed E-state index contributed by atoms with van der Waals surface area (Å²) in [5, 5.41) is 5.54. The predicted molar refractivity (Wildman–Crippen MR) is 86.7 cm³/mol. The van der Waals surface area contributed by atoms with Crippen LogP contribution in [-0.2, 0) is 4.74 Å². The van der Waals surface area contributed by atoms with Crippen LogP contribution in [0.5, 0.6) is 0 Å². The molecule has 1 aromatic heterocycles. The standard InChI is InChI=1S/C15H19N3O2S/c1-4-18(5-2)12-8-6-11(7-9-12)16-15-17-13(10-21-15)14(19)20-3/h6-10H,4-5H2,1-3H3,(H,16,17). The lowest BCUT2D eigenvalue weighted by Crippen LogP contribution is -2.21. The van der Waals surface area contributed by atoms with Crippen molar-refractivity contribution in [1.29, 1.82) is 0 Å². The molecule has 2 aromatic rings. The number of aromatic nitrogens is 1. The smallest absolute Gasteiger partial charge is 0.357 e. The van der Waals surface area contributed by atoms with Gasteiger partial charge in [-0.1, -0.05) is 0 Å². The predicted octanol–water partition coefficient (Wildman–Crippen LogP) is 3.52. The van der Waals surface area contributed by atoms with Gasteiger partial charge in [0, 0.05) is 29.8 Å². The Bertz CT molecular complexity index is 591. The fourth-order valence-electron chi connectivity index (χ4n) is 2.00. The number of thiazole rings is 1. The first-order chi connectivity index (χ1) is 10.2. The molecule has 1 N–H and O–H groups in total. The zero-order valence-corrected chi connectivity index (χ0v) is 13.2. The number of methoxy groups -OCH3 is 1. The van der Waals surface area contributed by atoms with E-state index in [9.17, 15) is 4.79 Å². The zero-order valence-electron chi connectivity index (χ0n) is 12.4. The Morgan fingerprint density at radius 2 is 1.95 bits per heavy atom. The van der Waals surface area contributed by atoms with Crippen LogP contribution in [0.25, 0.3) is 0 Å². The maximum absolute atomic E-state index is 11.4. The molecule has 0 aliphatic carbocycles. The molecule has 1 heterocycles. The number of rotatable bonds is 6. The van der Waals surface area contributed by atoms with E-state index in [-0.39, 0.29) is 0 Å². The van der Waals surface area contributed by atoms with Crippen LogP contribution in [0.1, 0.15) is 24.3 Å². The highest BCUT2D eigenvalue weighted by Gasteiger charge is 2.10. The van der Waals surface area contributed by atoms with Crippen LogP contribution in [0.15, 0.2) is 29.6 Å². The van der Waals surface area contributed by atoms with Crippen LogP contribution in [-0.4, -0.2) is 31.2 Å². The molecular formula is C15H19N3O2S. The van der Waals surface area contributed by atoms with E-state index >= 15 is 0 Å². The highest BCUT2D eigenvalue weighted by Crippen LogP contribution is 2.23. The molecule has 6 heteroatoms. The Kier molecular flexibility index (Phi) is 5.16. The minimum atomic E-state index is -0.420. The van der Waals surface area contributed by atoms with Gasteiger partial charge in [-0.25, -0.2) is 9.78 Å². The van der Waals surface area contributed by atoms with Crippen molar-refractivity contribution >= 4 is 33.8 Å². The Morgan fingerprint density at radius 1 is 1.29 bits per heavy atom. The van der Waals surface area contributed by atoms with E-state index in [4.69, 9.17) is 0 Å². The van der Waals surface area contributed by atoms with Crippen molar-refractivity contribution in [2.45, 2.75) is 13.8 Å². The van der Waals surface area contributed by atoms with Gasteiger partial charge in [0.05, 0.1) is 7.11 Å². The monoisotopic (exact) mass is 305 g/mol. The number of esters is 1. The first kappa shape index (κ1) is 15.3. The van der Waals surface area contributed by atoms with Crippen molar-refractivity contribution in [3.05, 3.63) is 35.3 Å². The number of benzene rings is 1. The second kappa shape index (κ2) is 7.08. The number of carbonyl (C=O) groups excluding carboxylic acids is 1. The minimum absolute atomic E-state index is 0.324. The SMILES string of the molecule is CCN(CC)c1ccc(Nc2nc(C(=O)OC)cs2)cc1. The van der Waals surface area contributed by atoms with Crippen molar-refractivity contribution in [1.82, 2.24) is 4.98 Å². The quantitative estimate of drug-likeness (QED) is 0.828. The minimum Gasteiger partial charge on any atom is -0.464 e. The second-order valence-electron chi connectivity index (χ2n) is 4.37. The lowest BCUT2D eigenvalue weighted by Gasteiger charge is -2.21. The largest absolute Gasteiger partial charge is 0.464 e. The summed E-state index contributed by atoms with van der Waals surface area (Å²) in [4.78, 5) is 17.8. The molecule has 0 saturated heterocycles. The Hall–Kier alpha value is -2.08. The normalized spacial score (nSPS) is 10.2. The van der Waals surface area contributed by atoms with E-state index in [0.29, 0.717) is 10.8 Å². The van der Waals surface area contributed by atoms with Crippen LogP contribution in [0.3, 0.4) is 0 Å². The van der Waals surface area contributed by atoms with Gasteiger partial charge in [-0.05, 0) is 38.1 Å². The van der Waals surface area contributed by atoms with Crippen molar-refractivity contribution < 1.29 is 9.53 Å².